The quantitative estimate of drug-likeness (QED) is 0.768. The van der Waals surface area contributed by atoms with Gasteiger partial charge in [-0.25, -0.2) is 9.78 Å². The molecule has 3 rings (SSSR count). The lowest BCUT2D eigenvalue weighted by atomic mass is 10.2. The van der Waals surface area contributed by atoms with E-state index in [0.29, 0.717) is 55.1 Å². The summed E-state index contributed by atoms with van der Waals surface area (Å²) in [4.78, 5) is 32.2. The Hall–Kier alpha value is -3.01. The van der Waals surface area contributed by atoms with Gasteiger partial charge in [0.25, 0.3) is 5.91 Å². The number of nitrogens with zero attached hydrogens (tertiary/aromatic N) is 3. The van der Waals surface area contributed by atoms with Gasteiger partial charge < -0.3 is 29.3 Å². The Morgan fingerprint density at radius 1 is 1.14 bits per heavy atom. The second-order valence-corrected chi connectivity index (χ2v) is 7.07. The first kappa shape index (κ1) is 20.7. The second-order valence-electron chi connectivity index (χ2n) is 6.21. The molecule has 1 aromatic heterocycles. The molecule has 0 bridgehead atoms. The molecule has 2 aromatic rings. The molecule has 1 saturated heterocycles. The van der Waals surface area contributed by atoms with E-state index in [4.69, 9.17) is 14.2 Å². The normalized spacial score (nSPS) is 13.8. The summed E-state index contributed by atoms with van der Waals surface area (Å²) in [5, 5.41) is 5.48. The molecule has 1 N–H and O–H groups in total. The van der Waals surface area contributed by atoms with Gasteiger partial charge in [-0.3, -0.25) is 4.79 Å². The molecule has 10 heteroatoms. The number of hydrogen-bond donors (Lipinski definition) is 1. The van der Waals surface area contributed by atoms with Gasteiger partial charge in [0, 0.05) is 37.6 Å². The first-order chi connectivity index (χ1) is 14.0. The Bertz CT molecular complexity index is 864. The van der Waals surface area contributed by atoms with Gasteiger partial charge >= 0.3 is 6.09 Å². The highest BCUT2D eigenvalue weighted by atomic mass is 32.1. The summed E-state index contributed by atoms with van der Waals surface area (Å²) in [6.07, 6.45) is -0.340. The van der Waals surface area contributed by atoms with E-state index in [1.54, 1.807) is 42.4 Å². The Morgan fingerprint density at radius 3 is 2.52 bits per heavy atom. The number of benzene rings is 1. The molecule has 1 aromatic carbocycles. The van der Waals surface area contributed by atoms with E-state index in [9.17, 15) is 9.59 Å². The van der Waals surface area contributed by atoms with E-state index in [-0.39, 0.29) is 12.0 Å². The van der Waals surface area contributed by atoms with Crippen LogP contribution in [0.1, 0.15) is 17.4 Å². The molecule has 0 radical (unpaired) electrons. The zero-order valence-corrected chi connectivity index (χ0v) is 17.5. The molecule has 0 saturated carbocycles. The van der Waals surface area contributed by atoms with Gasteiger partial charge in [0.15, 0.2) is 5.13 Å². The molecule has 0 aliphatic carbocycles. The minimum Gasteiger partial charge on any atom is -0.497 e. The van der Waals surface area contributed by atoms with E-state index in [0.717, 1.165) is 5.69 Å². The van der Waals surface area contributed by atoms with Crippen LogP contribution in [0.4, 0.5) is 15.6 Å². The summed E-state index contributed by atoms with van der Waals surface area (Å²) < 4.78 is 15.6. The fourth-order valence-electron chi connectivity index (χ4n) is 2.92. The van der Waals surface area contributed by atoms with Crippen molar-refractivity contribution in [2.75, 3.05) is 52.3 Å². The fourth-order valence-corrected chi connectivity index (χ4v) is 3.61. The number of piperazine rings is 1. The minimum atomic E-state index is -0.340. The number of anilines is 2. The Morgan fingerprint density at radius 2 is 1.86 bits per heavy atom. The summed E-state index contributed by atoms with van der Waals surface area (Å²) in [7, 11) is 3.17. The van der Waals surface area contributed by atoms with E-state index in [2.05, 4.69) is 10.3 Å². The molecule has 156 valence electrons. The van der Waals surface area contributed by atoms with E-state index in [1.807, 2.05) is 12.1 Å². The van der Waals surface area contributed by atoms with Crippen molar-refractivity contribution in [3.05, 3.63) is 29.3 Å². The maximum absolute atomic E-state index is 12.7. The monoisotopic (exact) mass is 420 g/mol. The molecular formula is C19H24N4O5S. The fraction of sp³-hybridized carbons (Fsp3) is 0.421. The van der Waals surface area contributed by atoms with Crippen LogP contribution in [0, 0.1) is 0 Å². The van der Waals surface area contributed by atoms with Gasteiger partial charge in [-0.2, -0.15) is 0 Å². The van der Waals surface area contributed by atoms with Crippen molar-refractivity contribution in [2.24, 2.45) is 0 Å². The lowest BCUT2D eigenvalue weighted by molar-refractivity contribution is 0.0566. The van der Waals surface area contributed by atoms with E-state index >= 15 is 0 Å². The number of hydrogen-bond acceptors (Lipinski definition) is 8. The highest BCUT2D eigenvalue weighted by molar-refractivity contribution is 7.14. The van der Waals surface area contributed by atoms with Gasteiger partial charge in [-0.15, -0.1) is 11.3 Å². The number of ether oxygens (including phenoxy) is 3. The molecule has 29 heavy (non-hydrogen) atoms. The van der Waals surface area contributed by atoms with E-state index < -0.39 is 0 Å². The van der Waals surface area contributed by atoms with Crippen LogP contribution >= 0.6 is 11.3 Å². The van der Waals surface area contributed by atoms with Crippen molar-refractivity contribution < 1.29 is 23.8 Å². The molecule has 1 aliphatic rings. The number of aromatic nitrogens is 1. The molecule has 1 fully saturated rings. The molecule has 2 heterocycles. The number of carbonyl (C=O) groups is 2. The van der Waals surface area contributed by atoms with Crippen LogP contribution in [0.15, 0.2) is 23.6 Å². The van der Waals surface area contributed by atoms with Gasteiger partial charge in [0.05, 0.1) is 26.5 Å². The molecule has 0 spiro atoms. The molecule has 9 nitrogen and oxygen atoms in total. The number of methoxy groups -OCH3 is 2. The van der Waals surface area contributed by atoms with Crippen molar-refractivity contribution in [1.29, 1.82) is 0 Å². The Kier molecular flexibility index (Phi) is 6.76. The third kappa shape index (κ3) is 4.89. The highest BCUT2D eigenvalue weighted by Crippen LogP contribution is 2.32. The summed E-state index contributed by atoms with van der Waals surface area (Å²) in [5.41, 5.74) is 1.10. The number of nitrogens with one attached hydrogen (secondary N) is 1. The zero-order valence-electron chi connectivity index (χ0n) is 16.6. The van der Waals surface area contributed by atoms with Crippen molar-refractivity contribution in [1.82, 2.24) is 14.8 Å². The van der Waals surface area contributed by atoms with Crippen LogP contribution < -0.4 is 14.8 Å². The van der Waals surface area contributed by atoms with Gasteiger partial charge in [-0.05, 0) is 19.1 Å². The van der Waals surface area contributed by atoms with Crippen molar-refractivity contribution in [3.8, 4) is 11.5 Å². The molecule has 0 unspecified atom stereocenters. The smallest absolute Gasteiger partial charge is 0.409 e. The molecule has 1 aliphatic heterocycles. The lowest BCUT2D eigenvalue weighted by Crippen LogP contribution is -2.50. The summed E-state index contributed by atoms with van der Waals surface area (Å²) in [6, 6.07) is 5.41. The van der Waals surface area contributed by atoms with Crippen molar-refractivity contribution in [2.45, 2.75) is 6.92 Å². The van der Waals surface area contributed by atoms with Gasteiger partial charge in [0.1, 0.15) is 17.2 Å². The molecular weight excluding hydrogens is 396 g/mol. The van der Waals surface area contributed by atoms with Crippen LogP contribution in [0.5, 0.6) is 11.5 Å². The number of rotatable bonds is 6. The zero-order chi connectivity index (χ0) is 20.8. The van der Waals surface area contributed by atoms with E-state index in [1.165, 1.54) is 11.3 Å². The third-order valence-electron chi connectivity index (χ3n) is 4.47. The van der Waals surface area contributed by atoms with Crippen molar-refractivity contribution in [3.63, 3.8) is 0 Å². The molecule has 0 atom stereocenters. The first-order valence-electron chi connectivity index (χ1n) is 9.21. The van der Waals surface area contributed by atoms with Crippen LogP contribution in [0.3, 0.4) is 0 Å². The lowest BCUT2D eigenvalue weighted by Gasteiger charge is -2.33. The number of thiazole rings is 1. The van der Waals surface area contributed by atoms with Gasteiger partial charge in [0.2, 0.25) is 0 Å². The number of amides is 2. The van der Waals surface area contributed by atoms with Crippen LogP contribution in [-0.4, -0.2) is 73.8 Å². The maximum atomic E-state index is 12.7. The largest absolute Gasteiger partial charge is 0.497 e. The van der Waals surface area contributed by atoms with Crippen LogP contribution in [0.2, 0.25) is 0 Å². The number of carbonyl (C=O) groups excluding carboxylic acids is 2. The van der Waals surface area contributed by atoms with Crippen LogP contribution in [0.25, 0.3) is 0 Å². The average molecular weight is 420 g/mol. The molecule has 2 amide bonds. The topological polar surface area (TPSA) is 93.2 Å². The predicted molar refractivity (Wildman–Crippen MR) is 109 cm³/mol. The van der Waals surface area contributed by atoms with Crippen molar-refractivity contribution >= 4 is 34.2 Å². The second kappa shape index (κ2) is 9.46. The first-order valence-corrected chi connectivity index (χ1v) is 10.1. The average Bonchev–Trinajstić information content (AvgIpc) is 3.22. The highest BCUT2D eigenvalue weighted by Gasteiger charge is 2.26. The van der Waals surface area contributed by atoms with Gasteiger partial charge in [-0.1, -0.05) is 0 Å². The third-order valence-corrected chi connectivity index (χ3v) is 5.22. The summed E-state index contributed by atoms with van der Waals surface area (Å²) in [6.45, 7) is 3.90. The standard InChI is InChI=1S/C19H24N4O5S/c1-4-28-19(25)23-9-7-22(8-10-23)17(24)15-12-29-18(21-15)20-14-6-5-13(26-2)11-16(14)27-3/h5-6,11-12H,4,7-10H2,1-3H3,(H,20,21). The maximum Gasteiger partial charge on any atom is 0.409 e. The Labute approximate surface area is 173 Å². The predicted octanol–water partition coefficient (Wildman–Crippen LogP) is 2.82. The van der Waals surface area contributed by atoms with Crippen LogP contribution in [-0.2, 0) is 4.74 Å². The Balaban J connectivity index is 1.62. The summed E-state index contributed by atoms with van der Waals surface area (Å²) in [5.74, 6) is 1.14. The minimum absolute atomic E-state index is 0.153. The summed E-state index contributed by atoms with van der Waals surface area (Å²) >= 11 is 1.34. The SMILES string of the molecule is CCOC(=O)N1CCN(C(=O)c2csc(Nc3ccc(OC)cc3OC)n2)CC1.